The van der Waals surface area contributed by atoms with Crippen molar-refractivity contribution in [2.45, 2.75) is 32.8 Å². The molecule has 0 unspecified atom stereocenters. The largest absolute Gasteiger partial charge is 0.373 e. The zero-order valence-corrected chi connectivity index (χ0v) is 14.5. The Labute approximate surface area is 147 Å². The second-order valence-corrected chi connectivity index (χ2v) is 6.99. The molecule has 1 aliphatic rings. The summed E-state index contributed by atoms with van der Waals surface area (Å²) in [4.78, 5) is 34.9. The monoisotopic (exact) mass is 336 g/mol. The van der Waals surface area contributed by atoms with Crippen LogP contribution in [0.5, 0.6) is 0 Å². The molecular weight excluding hydrogens is 316 g/mol. The van der Waals surface area contributed by atoms with Crippen molar-refractivity contribution in [3.8, 4) is 0 Å². The molecule has 25 heavy (non-hydrogen) atoms. The number of rotatable bonds is 3. The van der Waals surface area contributed by atoms with E-state index in [1.54, 1.807) is 45.0 Å². The van der Waals surface area contributed by atoms with Crippen LogP contribution in [0.25, 0.3) is 6.08 Å². The van der Waals surface area contributed by atoms with Crippen LogP contribution in [-0.4, -0.2) is 17.4 Å². The van der Waals surface area contributed by atoms with Gasteiger partial charge in [0.15, 0.2) is 5.78 Å². The quantitative estimate of drug-likeness (QED) is 0.474. The fraction of sp³-hybridized carbons (Fsp3) is 0.238. The molecule has 0 radical (unpaired) electrons. The predicted octanol–water partition coefficient (Wildman–Crippen LogP) is 4.40. The molecule has 0 saturated carbocycles. The average molecular weight is 336 g/mol. The minimum Gasteiger partial charge on any atom is -0.292 e. The molecule has 2 aromatic carbocycles. The van der Waals surface area contributed by atoms with Crippen molar-refractivity contribution in [3.05, 3.63) is 76.4 Å². The Kier molecular flexibility index (Phi) is 4.55. The van der Waals surface area contributed by atoms with Gasteiger partial charge in [0.2, 0.25) is 0 Å². The van der Waals surface area contributed by atoms with Crippen LogP contribution in [0.1, 0.15) is 52.6 Å². The van der Waals surface area contributed by atoms with Crippen molar-refractivity contribution >= 4 is 17.8 Å². The van der Waals surface area contributed by atoms with Gasteiger partial charge >= 0.3 is 5.97 Å². The first-order chi connectivity index (χ1) is 11.8. The standard InChI is InChI=1S/C21H20O4/c1-21(2,3)25-24-20(23)18-11-7-5-9-15(18)13-16-12-14-8-4-6-10-17(14)19(16)22/h4-11,13H,12H2,1-3H3. The van der Waals surface area contributed by atoms with Gasteiger partial charge in [-0.2, -0.15) is 4.89 Å². The number of carbonyl (C=O) groups excluding carboxylic acids is 2. The summed E-state index contributed by atoms with van der Waals surface area (Å²) in [5.74, 6) is -0.574. The Bertz CT molecular complexity index is 856. The molecule has 2 aromatic rings. The Hall–Kier alpha value is -2.72. The maximum absolute atomic E-state index is 12.5. The van der Waals surface area contributed by atoms with Crippen LogP contribution in [0.3, 0.4) is 0 Å². The van der Waals surface area contributed by atoms with Gasteiger partial charge in [0.25, 0.3) is 0 Å². The van der Waals surface area contributed by atoms with E-state index in [2.05, 4.69) is 0 Å². The summed E-state index contributed by atoms with van der Waals surface area (Å²) >= 11 is 0. The molecule has 1 aliphatic carbocycles. The van der Waals surface area contributed by atoms with Crippen LogP contribution < -0.4 is 0 Å². The molecule has 4 heteroatoms. The van der Waals surface area contributed by atoms with Gasteiger partial charge < -0.3 is 0 Å². The molecule has 0 amide bonds. The van der Waals surface area contributed by atoms with Crippen molar-refractivity contribution in [3.63, 3.8) is 0 Å². The van der Waals surface area contributed by atoms with E-state index in [0.29, 0.717) is 23.1 Å². The number of hydrogen-bond donors (Lipinski definition) is 0. The Morgan fingerprint density at radius 1 is 1.04 bits per heavy atom. The molecule has 0 atom stereocenters. The van der Waals surface area contributed by atoms with Crippen LogP contribution in [0, 0.1) is 0 Å². The average Bonchev–Trinajstić information content (AvgIpc) is 2.89. The Balaban J connectivity index is 1.87. The third kappa shape index (κ3) is 3.86. The summed E-state index contributed by atoms with van der Waals surface area (Å²) in [6, 6.07) is 14.6. The number of allylic oxidation sites excluding steroid dienone is 1. The van der Waals surface area contributed by atoms with Crippen LogP contribution in [0.2, 0.25) is 0 Å². The molecular formula is C21H20O4. The van der Waals surface area contributed by atoms with E-state index < -0.39 is 11.6 Å². The smallest absolute Gasteiger partial charge is 0.292 e. The summed E-state index contributed by atoms with van der Waals surface area (Å²) in [6.07, 6.45) is 2.33. The molecule has 0 aromatic heterocycles. The molecule has 4 nitrogen and oxygen atoms in total. The molecule has 128 valence electrons. The van der Waals surface area contributed by atoms with E-state index in [1.807, 2.05) is 30.3 Å². The minimum atomic E-state index is -0.591. The zero-order chi connectivity index (χ0) is 18.0. The molecule has 0 N–H and O–H groups in total. The fourth-order valence-corrected chi connectivity index (χ4v) is 2.68. The lowest BCUT2D eigenvalue weighted by Crippen LogP contribution is -2.22. The minimum absolute atomic E-state index is 0.00436. The second-order valence-electron chi connectivity index (χ2n) is 6.99. The van der Waals surface area contributed by atoms with Crippen LogP contribution >= 0.6 is 0 Å². The van der Waals surface area contributed by atoms with Crippen LogP contribution in [0.15, 0.2) is 54.1 Å². The first-order valence-electron chi connectivity index (χ1n) is 8.17. The number of hydrogen-bond acceptors (Lipinski definition) is 4. The summed E-state index contributed by atoms with van der Waals surface area (Å²) in [6.45, 7) is 5.38. The van der Waals surface area contributed by atoms with Crippen molar-refractivity contribution in [2.24, 2.45) is 0 Å². The van der Waals surface area contributed by atoms with E-state index in [1.165, 1.54) is 0 Å². The van der Waals surface area contributed by atoms with Crippen molar-refractivity contribution in [1.29, 1.82) is 0 Å². The highest BCUT2D eigenvalue weighted by molar-refractivity contribution is 6.15. The molecule has 0 spiro atoms. The van der Waals surface area contributed by atoms with E-state index >= 15 is 0 Å². The van der Waals surface area contributed by atoms with Crippen molar-refractivity contribution in [2.75, 3.05) is 0 Å². The van der Waals surface area contributed by atoms with Crippen LogP contribution in [-0.2, 0) is 16.2 Å². The van der Waals surface area contributed by atoms with Crippen molar-refractivity contribution < 1.29 is 19.4 Å². The summed E-state index contributed by atoms with van der Waals surface area (Å²) in [5.41, 5.74) is 2.81. The summed E-state index contributed by atoms with van der Waals surface area (Å²) in [7, 11) is 0. The first kappa shape index (κ1) is 17.1. The Morgan fingerprint density at radius 3 is 2.44 bits per heavy atom. The summed E-state index contributed by atoms with van der Waals surface area (Å²) < 4.78 is 0. The fourth-order valence-electron chi connectivity index (χ4n) is 2.68. The lowest BCUT2D eigenvalue weighted by Gasteiger charge is -2.17. The zero-order valence-electron chi connectivity index (χ0n) is 14.5. The van der Waals surface area contributed by atoms with Gasteiger partial charge in [0.05, 0.1) is 5.56 Å². The first-order valence-corrected chi connectivity index (χ1v) is 8.17. The van der Waals surface area contributed by atoms with E-state index in [4.69, 9.17) is 9.78 Å². The maximum atomic E-state index is 12.5. The topological polar surface area (TPSA) is 52.6 Å². The highest BCUT2D eigenvalue weighted by Crippen LogP contribution is 2.28. The molecule has 0 heterocycles. The van der Waals surface area contributed by atoms with E-state index in [0.717, 1.165) is 11.1 Å². The highest BCUT2D eigenvalue weighted by atomic mass is 17.2. The number of ketones is 1. The van der Waals surface area contributed by atoms with Gasteiger partial charge in [-0.15, -0.1) is 0 Å². The van der Waals surface area contributed by atoms with Crippen molar-refractivity contribution in [1.82, 2.24) is 0 Å². The SMILES string of the molecule is CC(C)(C)OOC(=O)c1ccccc1C=C1Cc2ccccc2C1=O. The maximum Gasteiger partial charge on any atom is 0.373 e. The Morgan fingerprint density at radius 2 is 1.72 bits per heavy atom. The number of carbonyl (C=O) groups is 2. The van der Waals surface area contributed by atoms with E-state index in [9.17, 15) is 9.59 Å². The lowest BCUT2D eigenvalue weighted by molar-refractivity contribution is -0.301. The number of fused-ring (bicyclic) bond motifs is 1. The normalized spacial score (nSPS) is 15.3. The molecule has 3 rings (SSSR count). The second kappa shape index (κ2) is 6.65. The van der Waals surface area contributed by atoms with Gasteiger partial charge in [-0.25, -0.2) is 4.79 Å². The third-order valence-electron chi connectivity index (χ3n) is 3.81. The predicted molar refractivity (Wildman–Crippen MR) is 95.1 cm³/mol. The molecule has 0 saturated heterocycles. The molecule has 0 fully saturated rings. The summed E-state index contributed by atoms with van der Waals surface area (Å²) in [5, 5.41) is 0. The van der Waals surface area contributed by atoms with E-state index in [-0.39, 0.29) is 5.78 Å². The number of benzene rings is 2. The lowest BCUT2D eigenvalue weighted by atomic mass is 10.0. The van der Waals surface area contributed by atoms with Crippen LogP contribution in [0.4, 0.5) is 0 Å². The van der Waals surface area contributed by atoms with Gasteiger partial charge in [-0.3, -0.25) is 9.68 Å². The van der Waals surface area contributed by atoms with Gasteiger partial charge in [-0.1, -0.05) is 42.5 Å². The third-order valence-corrected chi connectivity index (χ3v) is 3.81. The van der Waals surface area contributed by atoms with Gasteiger partial charge in [-0.05, 0) is 44.0 Å². The van der Waals surface area contributed by atoms with Gasteiger partial charge in [0, 0.05) is 17.6 Å². The molecule has 0 aliphatic heterocycles. The molecule has 0 bridgehead atoms. The number of Topliss-reactive ketones (excluding diaryl/α,β-unsaturated/α-hetero) is 1. The van der Waals surface area contributed by atoms with Gasteiger partial charge in [0.1, 0.15) is 5.60 Å². The highest BCUT2D eigenvalue weighted by Gasteiger charge is 2.25.